The van der Waals surface area contributed by atoms with Crippen molar-refractivity contribution in [3.05, 3.63) is 0 Å². The topological polar surface area (TPSA) is 21.3 Å². The Morgan fingerprint density at radius 2 is 2.12 bits per heavy atom. The van der Waals surface area contributed by atoms with Gasteiger partial charge >= 0.3 is 0 Å². The van der Waals surface area contributed by atoms with E-state index < -0.39 is 5.92 Å². The maximum absolute atomic E-state index is 13.1. The molecule has 0 amide bonds. The van der Waals surface area contributed by atoms with Crippen LogP contribution in [0.2, 0.25) is 0 Å². The number of alkyl halides is 2. The number of rotatable bonds is 6. The molecule has 0 radical (unpaired) electrons. The van der Waals surface area contributed by atoms with Crippen LogP contribution in [0.25, 0.3) is 0 Å². The molecule has 0 spiro atoms. The van der Waals surface area contributed by atoms with Gasteiger partial charge in [0.2, 0.25) is 5.92 Å². The van der Waals surface area contributed by atoms with Crippen molar-refractivity contribution in [3.63, 3.8) is 0 Å². The van der Waals surface area contributed by atoms with Crippen molar-refractivity contribution in [2.45, 2.75) is 64.0 Å². The van der Waals surface area contributed by atoms with E-state index in [0.29, 0.717) is 13.0 Å². The van der Waals surface area contributed by atoms with Crippen LogP contribution in [0.15, 0.2) is 0 Å². The molecule has 1 N–H and O–H groups in total. The summed E-state index contributed by atoms with van der Waals surface area (Å²) in [4.78, 5) is 0. The lowest BCUT2D eigenvalue weighted by molar-refractivity contribution is -0.0440. The van der Waals surface area contributed by atoms with Gasteiger partial charge in [-0.2, -0.15) is 0 Å². The third kappa shape index (κ3) is 4.18. The fraction of sp³-hybridized carbons (Fsp3) is 1.00. The molecular weight excluding hydrogens is 224 g/mol. The Bertz CT molecular complexity index is 244. The van der Waals surface area contributed by atoms with Crippen LogP contribution in [0.4, 0.5) is 8.78 Å². The van der Waals surface area contributed by atoms with Crippen molar-refractivity contribution in [2.24, 2.45) is 5.92 Å². The van der Waals surface area contributed by atoms with E-state index in [4.69, 9.17) is 4.74 Å². The lowest BCUT2D eigenvalue weighted by Crippen LogP contribution is -2.48. The van der Waals surface area contributed by atoms with Crippen LogP contribution in [-0.4, -0.2) is 31.2 Å². The standard InChI is InChI=1S/C13H25F2NO/c1-5-17-12(2,3)11(16-4)8-10-6-7-13(14,15)9-10/h10-11,16H,5-9H2,1-4H3. The van der Waals surface area contributed by atoms with Crippen molar-refractivity contribution in [2.75, 3.05) is 13.7 Å². The Kier molecular flexibility index (Phi) is 4.90. The number of hydrogen-bond acceptors (Lipinski definition) is 2. The Balaban J connectivity index is 2.53. The van der Waals surface area contributed by atoms with Crippen LogP contribution in [0, 0.1) is 5.92 Å². The molecule has 1 saturated carbocycles. The molecule has 0 bridgehead atoms. The summed E-state index contributed by atoms with van der Waals surface area (Å²) in [6.07, 6.45) is 1.48. The molecule has 0 aromatic carbocycles. The lowest BCUT2D eigenvalue weighted by Gasteiger charge is -2.35. The fourth-order valence-corrected chi connectivity index (χ4v) is 2.80. The predicted octanol–water partition coefficient (Wildman–Crippen LogP) is 3.22. The van der Waals surface area contributed by atoms with Gasteiger partial charge in [-0.25, -0.2) is 8.78 Å². The van der Waals surface area contributed by atoms with Crippen LogP contribution in [0.1, 0.15) is 46.5 Å². The summed E-state index contributed by atoms with van der Waals surface area (Å²) >= 11 is 0. The maximum atomic E-state index is 13.1. The lowest BCUT2D eigenvalue weighted by atomic mass is 9.88. The van der Waals surface area contributed by atoms with E-state index in [2.05, 4.69) is 5.32 Å². The second kappa shape index (κ2) is 5.61. The quantitative estimate of drug-likeness (QED) is 0.780. The first-order valence-corrected chi connectivity index (χ1v) is 6.50. The molecule has 102 valence electrons. The molecule has 0 heterocycles. The highest BCUT2D eigenvalue weighted by atomic mass is 19.3. The predicted molar refractivity (Wildman–Crippen MR) is 65.5 cm³/mol. The van der Waals surface area contributed by atoms with E-state index in [1.54, 1.807) is 0 Å². The molecule has 4 heteroatoms. The van der Waals surface area contributed by atoms with E-state index >= 15 is 0 Å². The molecular formula is C13H25F2NO. The van der Waals surface area contributed by atoms with Crippen molar-refractivity contribution >= 4 is 0 Å². The Labute approximate surface area is 103 Å². The Hall–Kier alpha value is -0.220. The summed E-state index contributed by atoms with van der Waals surface area (Å²) in [6.45, 7) is 6.64. The van der Waals surface area contributed by atoms with E-state index in [1.807, 2.05) is 27.8 Å². The van der Waals surface area contributed by atoms with Crippen LogP contribution in [0.5, 0.6) is 0 Å². The van der Waals surface area contributed by atoms with Crippen molar-refractivity contribution in [1.82, 2.24) is 5.32 Å². The zero-order valence-electron chi connectivity index (χ0n) is 11.4. The minimum Gasteiger partial charge on any atom is -0.374 e. The first-order chi connectivity index (χ1) is 7.80. The minimum absolute atomic E-state index is 0.0351. The molecule has 0 aromatic rings. The maximum Gasteiger partial charge on any atom is 0.248 e. The number of ether oxygens (including phenoxy) is 1. The van der Waals surface area contributed by atoms with E-state index in [1.165, 1.54) is 0 Å². The van der Waals surface area contributed by atoms with Gasteiger partial charge in [0.25, 0.3) is 0 Å². The SMILES string of the molecule is CCOC(C)(C)C(CC1CCC(F)(F)C1)NC. The van der Waals surface area contributed by atoms with Gasteiger partial charge in [0, 0.05) is 25.5 Å². The largest absolute Gasteiger partial charge is 0.374 e. The van der Waals surface area contributed by atoms with Gasteiger partial charge in [-0.3, -0.25) is 0 Å². The van der Waals surface area contributed by atoms with Gasteiger partial charge in [-0.1, -0.05) is 0 Å². The normalized spacial score (nSPS) is 26.1. The van der Waals surface area contributed by atoms with Crippen LogP contribution in [-0.2, 0) is 4.74 Å². The third-order valence-electron chi connectivity index (χ3n) is 3.78. The molecule has 2 unspecified atom stereocenters. The number of nitrogens with one attached hydrogen (secondary N) is 1. The minimum atomic E-state index is -2.45. The number of halogens is 2. The summed E-state index contributed by atoms with van der Waals surface area (Å²) in [5, 5.41) is 3.21. The van der Waals surface area contributed by atoms with Gasteiger partial charge < -0.3 is 10.1 Å². The Morgan fingerprint density at radius 3 is 2.53 bits per heavy atom. The van der Waals surface area contributed by atoms with E-state index in [0.717, 1.165) is 6.42 Å². The first kappa shape index (κ1) is 14.8. The highest BCUT2D eigenvalue weighted by Crippen LogP contribution is 2.41. The number of likely N-dealkylation sites (N-methyl/N-ethyl adjacent to an activating group) is 1. The van der Waals surface area contributed by atoms with Crippen molar-refractivity contribution in [1.29, 1.82) is 0 Å². The van der Waals surface area contributed by atoms with E-state index in [9.17, 15) is 8.78 Å². The molecule has 0 aliphatic heterocycles. The molecule has 1 aliphatic rings. The summed E-state index contributed by atoms with van der Waals surface area (Å²) in [5.74, 6) is -2.33. The molecule has 1 fully saturated rings. The molecule has 0 aromatic heterocycles. The van der Waals surface area contributed by atoms with Gasteiger partial charge in [0.15, 0.2) is 0 Å². The highest BCUT2D eigenvalue weighted by molar-refractivity contribution is 4.90. The molecule has 0 saturated heterocycles. The van der Waals surface area contributed by atoms with Crippen molar-refractivity contribution in [3.8, 4) is 0 Å². The van der Waals surface area contributed by atoms with Crippen molar-refractivity contribution < 1.29 is 13.5 Å². The molecule has 2 atom stereocenters. The third-order valence-corrected chi connectivity index (χ3v) is 3.78. The van der Waals surface area contributed by atoms with Crippen LogP contribution >= 0.6 is 0 Å². The fourth-order valence-electron chi connectivity index (χ4n) is 2.80. The summed E-state index contributed by atoms with van der Waals surface area (Å²) in [6, 6.07) is 0.126. The average molecular weight is 249 g/mol. The van der Waals surface area contributed by atoms with Gasteiger partial charge in [0.05, 0.1) is 5.60 Å². The summed E-state index contributed by atoms with van der Waals surface area (Å²) in [7, 11) is 1.87. The second-order valence-corrected chi connectivity index (χ2v) is 5.58. The average Bonchev–Trinajstić information content (AvgIpc) is 2.54. The zero-order valence-corrected chi connectivity index (χ0v) is 11.4. The zero-order chi connectivity index (χ0) is 13.1. The second-order valence-electron chi connectivity index (χ2n) is 5.58. The monoisotopic (exact) mass is 249 g/mol. The van der Waals surface area contributed by atoms with Gasteiger partial charge in [-0.05, 0) is 46.6 Å². The van der Waals surface area contributed by atoms with Crippen LogP contribution < -0.4 is 5.32 Å². The highest BCUT2D eigenvalue weighted by Gasteiger charge is 2.41. The summed E-state index contributed by atoms with van der Waals surface area (Å²) < 4.78 is 32.0. The van der Waals surface area contributed by atoms with Crippen LogP contribution in [0.3, 0.4) is 0 Å². The smallest absolute Gasteiger partial charge is 0.248 e. The molecule has 1 rings (SSSR count). The Morgan fingerprint density at radius 1 is 1.47 bits per heavy atom. The molecule has 2 nitrogen and oxygen atoms in total. The summed E-state index contributed by atoms with van der Waals surface area (Å²) in [5.41, 5.74) is -0.304. The first-order valence-electron chi connectivity index (χ1n) is 6.50. The van der Waals surface area contributed by atoms with E-state index in [-0.39, 0.29) is 30.4 Å². The number of hydrogen-bond donors (Lipinski definition) is 1. The molecule has 17 heavy (non-hydrogen) atoms. The van der Waals surface area contributed by atoms with Gasteiger partial charge in [0.1, 0.15) is 0 Å². The van der Waals surface area contributed by atoms with Gasteiger partial charge in [-0.15, -0.1) is 0 Å². The molecule has 1 aliphatic carbocycles.